The SMILES string of the molecule is CCCCOc1ccc(/C=C/C(=O)OCC(=O)NCc2cccc(OC)c2)cc1OCC. The second kappa shape index (κ2) is 13.7. The molecular formula is C25H31NO6. The zero-order chi connectivity index (χ0) is 23.2. The van der Waals surface area contributed by atoms with E-state index in [0.29, 0.717) is 37.0 Å². The molecular weight excluding hydrogens is 410 g/mol. The Kier molecular flexibility index (Phi) is 10.6. The molecule has 32 heavy (non-hydrogen) atoms. The monoisotopic (exact) mass is 441 g/mol. The number of ether oxygens (including phenoxy) is 4. The lowest BCUT2D eigenvalue weighted by Gasteiger charge is -2.12. The van der Waals surface area contributed by atoms with Gasteiger partial charge in [0.05, 0.1) is 20.3 Å². The summed E-state index contributed by atoms with van der Waals surface area (Å²) in [5.74, 6) is 1.01. The molecule has 0 aliphatic carbocycles. The Hall–Kier alpha value is -3.48. The fraction of sp³-hybridized carbons (Fsp3) is 0.360. The van der Waals surface area contributed by atoms with Gasteiger partial charge in [0.2, 0.25) is 0 Å². The van der Waals surface area contributed by atoms with Crippen LogP contribution in [-0.2, 0) is 20.9 Å². The Morgan fingerprint density at radius 3 is 2.62 bits per heavy atom. The predicted molar refractivity (Wildman–Crippen MR) is 123 cm³/mol. The lowest BCUT2D eigenvalue weighted by Crippen LogP contribution is -2.28. The molecule has 0 radical (unpaired) electrons. The first kappa shape index (κ1) is 24.8. The minimum Gasteiger partial charge on any atom is -0.497 e. The van der Waals surface area contributed by atoms with Crippen LogP contribution in [0.1, 0.15) is 37.8 Å². The van der Waals surface area contributed by atoms with E-state index in [2.05, 4.69) is 12.2 Å². The second-order valence-electron chi connectivity index (χ2n) is 6.91. The highest BCUT2D eigenvalue weighted by atomic mass is 16.5. The molecule has 0 unspecified atom stereocenters. The van der Waals surface area contributed by atoms with Crippen LogP contribution in [0.4, 0.5) is 0 Å². The van der Waals surface area contributed by atoms with E-state index >= 15 is 0 Å². The summed E-state index contributed by atoms with van der Waals surface area (Å²) in [7, 11) is 1.58. The van der Waals surface area contributed by atoms with Crippen LogP contribution in [-0.4, -0.2) is 38.8 Å². The standard InChI is InChI=1S/C25H31NO6/c1-4-6-14-31-22-12-10-19(16-23(22)30-5-2)11-13-25(28)32-18-24(27)26-17-20-8-7-9-21(15-20)29-3/h7-13,15-16H,4-6,14,17-18H2,1-3H3,(H,26,27)/b13-11+. The van der Waals surface area contributed by atoms with E-state index in [1.54, 1.807) is 19.3 Å². The summed E-state index contributed by atoms with van der Waals surface area (Å²) in [6, 6.07) is 12.8. The van der Waals surface area contributed by atoms with Crippen LogP contribution in [0, 0.1) is 0 Å². The number of unbranched alkanes of at least 4 members (excludes halogenated alkanes) is 1. The van der Waals surface area contributed by atoms with Gasteiger partial charge in [0.25, 0.3) is 5.91 Å². The number of esters is 1. The molecule has 0 saturated carbocycles. The van der Waals surface area contributed by atoms with Crippen molar-refractivity contribution in [2.75, 3.05) is 26.9 Å². The van der Waals surface area contributed by atoms with Crippen LogP contribution < -0.4 is 19.5 Å². The van der Waals surface area contributed by atoms with Gasteiger partial charge in [0, 0.05) is 12.6 Å². The molecule has 0 spiro atoms. The molecule has 0 heterocycles. The average molecular weight is 442 g/mol. The van der Waals surface area contributed by atoms with Gasteiger partial charge < -0.3 is 24.3 Å². The molecule has 2 aromatic carbocycles. The minimum absolute atomic E-state index is 0.316. The summed E-state index contributed by atoms with van der Waals surface area (Å²) in [5.41, 5.74) is 1.65. The topological polar surface area (TPSA) is 83.1 Å². The van der Waals surface area contributed by atoms with Crippen LogP contribution in [0.15, 0.2) is 48.5 Å². The maximum atomic E-state index is 12.0. The number of carbonyl (C=O) groups excluding carboxylic acids is 2. The molecule has 172 valence electrons. The third kappa shape index (κ3) is 8.71. The summed E-state index contributed by atoms with van der Waals surface area (Å²) < 4.78 is 21.5. The van der Waals surface area contributed by atoms with E-state index in [0.717, 1.165) is 24.0 Å². The molecule has 0 aliphatic heterocycles. The molecule has 0 atom stereocenters. The third-order valence-corrected chi connectivity index (χ3v) is 4.40. The van der Waals surface area contributed by atoms with Crippen LogP contribution in [0.5, 0.6) is 17.2 Å². The van der Waals surface area contributed by atoms with Crippen molar-refractivity contribution in [3.8, 4) is 17.2 Å². The van der Waals surface area contributed by atoms with Gasteiger partial charge in [-0.3, -0.25) is 4.79 Å². The first-order chi connectivity index (χ1) is 15.5. The van der Waals surface area contributed by atoms with Crippen molar-refractivity contribution in [3.63, 3.8) is 0 Å². The first-order valence-electron chi connectivity index (χ1n) is 10.7. The van der Waals surface area contributed by atoms with Gasteiger partial charge in [0.15, 0.2) is 18.1 Å². The molecule has 1 amide bonds. The summed E-state index contributed by atoms with van der Waals surface area (Å²) in [4.78, 5) is 23.9. The fourth-order valence-corrected chi connectivity index (χ4v) is 2.73. The minimum atomic E-state index is -0.609. The Balaban J connectivity index is 1.82. The Morgan fingerprint density at radius 2 is 1.88 bits per heavy atom. The molecule has 0 saturated heterocycles. The van der Waals surface area contributed by atoms with Gasteiger partial charge in [-0.2, -0.15) is 0 Å². The van der Waals surface area contributed by atoms with Gasteiger partial charge in [0.1, 0.15) is 5.75 Å². The molecule has 7 heteroatoms. The van der Waals surface area contributed by atoms with Crippen molar-refractivity contribution in [2.45, 2.75) is 33.2 Å². The number of benzene rings is 2. The molecule has 2 rings (SSSR count). The lowest BCUT2D eigenvalue weighted by molar-refractivity contribution is -0.143. The van der Waals surface area contributed by atoms with Crippen LogP contribution in [0.3, 0.4) is 0 Å². The molecule has 0 aromatic heterocycles. The summed E-state index contributed by atoms with van der Waals surface area (Å²) in [6.45, 7) is 5.08. The largest absolute Gasteiger partial charge is 0.497 e. The van der Waals surface area contributed by atoms with E-state index in [-0.39, 0.29) is 12.5 Å². The van der Waals surface area contributed by atoms with E-state index in [4.69, 9.17) is 18.9 Å². The highest BCUT2D eigenvalue weighted by Gasteiger charge is 2.08. The fourth-order valence-electron chi connectivity index (χ4n) is 2.73. The summed E-state index contributed by atoms with van der Waals surface area (Å²) >= 11 is 0. The molecule has 1 N–H and O–H groups in total. The van der Waals surface area contributed by atoms with Gasteiger partial charge in [-0.25, -0.2) is 4.79 Å². The maximum absolute atomic E-state index is 12.0. The Labute approximate surface area is 189 Å². The van der Waals surface area contributed by atoms with Gasteiger partial charge in [-0.1, -0.05) is 31.5 Å². The lowest BCUT2D eigenvalue weighted by atomic mass is 10.2. The number of methoxy groups -OCH3 is 1. The van der Waals surface area contributed by atoms with Gasteiger partial charge in [-0.15, -0.1) is 0 Å². The van der Waals surface area contributed by atoms with Crippen LogP contribution in [0.25, 0.3) is 6.08 Å². The molecule has 0 fully saturated rings. The van der Waals surface area contributed by atoms with Crippen molar-refractivity contribution >= 4 is 18.0 Å². The van der Waals surface area contributed by atoms with Crippen molar-refractivity contribution in [3.05, 3.63) is 59.7 Å². The van der Waals surface area contributed by atoms with Crippen LogP contribution >= 0.6 is 0 Å². The quantitative estimate of drug-likeness (QED) is 0.286. The van der Waals surface area contributed by atoms with E-state index in [1.807, 2.05) is 43.3 Å². The van der Waals surface area contributed by atoms with Crippen LogP contribution in [0.2, 0.25) is 0 Å². The zero-order valence-corrected chi connectivity index (χ0v) is 18.9. The normalized spacial score (nSPS) is 10.6. The highest BCUT2D eigenvalue weighted by molar-refractivity contribution is 5.89. The number of rotatable bonds is 13. The smallest absolute Gasteiger partial charge is 0.331 e. The van der Waals surface area contributed by atoms with Gasteiger partial charge >= 0.3 is 5.97 Å². The molecule has 7 nitrogen and oxygen atoms in total. The number of hydrogen-bond acceptors (Lipinski definition) is 6. The number of carbonyl (C=O) groups is 2. The van der Waals surface area contributed by atoms with E-state index < -0.39 is 5.97 Å². The maximum Gasteiger partial charge on any atom is 0.331 e. The predicted octanol–water partition coefficient (Wildman–Crippen LogP) is 4.15. The van der Waals surface area contributed by atoms with Gasteiger partial charge in [-0.05, 0) is 54.8 Å². The zero-order valence-electron chi connectivity index (χ0n) is 18.9. The summed E-state index contributed by atoms with van der Waals surface area (Å²) in [6.07, 6.45) is 4.89. The second-order valence-corrected chi connectivity index (χ2v) is 6.91. The van der Waals surface area contributed by atoms with Crippen molar-refractivity contribution in [1.29, 1.82) is 0 Å². The molecule has 0 aliphatic rings. The van der Waals surface area contributed by atoms with Crippen molar-refractivity contribution in [2.24, 2.45) is 0 Å². The first-order valence-corrected chi connectivity index (χ1v) is 10.7. The Morgan fingerprint density at radius 1 is 1.03 bits per heavy atom. The Bertz CT molecular complexity index is 909. The summed E-state index contributed by atoms with van der Waals surface area (Å²) in [5, 5.41) is 2.70. The molecule has 2 aromatic rings. The average Bonchev–Trinajstić information content (AvgIpc) is 2.81. The highest BCUT2D eigenvalue weighted by Crippen LogP contribution is 2.29. The third-order valence-electron chi connectivity index (χ3n) is 4.40. The molecule has 0 bridgehead atoms. The van der Waals surface area contributed by atoms with E-state index in [9.17, 15) is 9.59 Å². The number of nitrogens with one attached hydrogen (secondary N) is 1. The number of amides is 1. The van der Waals surface area contributed by atoms with Crippen molar-refractivity contribution < 1.29 is 28.5 Å². The number of hydrogen-bond donors (Lipinski definition) is 1. The van der Waals surface area contributed by atoms with Crippen molar-refractivity contribution in [1.82, 2.24) is 5.32 Å². The van der Waals surface area contributed by atoms with E-state index in [1.165, 1.54) is 6.08 Å².